The smallest absolute Gasteiger partial charge is 0.305 e. The third-order valence-corrected chi connectivity index (χ3v) is 5.20. The lowest BCUT2D eigenvalue weighted by Gasteiger charge is -2.11. The van der Waals surface area contributed by atoms with Crippen LogP contribution in [-0.4, -0.2) is 38.4 Å². The Bertz CT molecular complexity index is 1080. The monoisotopic (exact) mass is 498 g/mol. The van der Waals surface area contributed by atoms with E-state index in [1.165, 1.54) is 24.3 Å². The molecule has 0 atom stereocenters. The van der Waals surface area contributed by atoms with E-state index < -0.39 is 11.6 Å². The van der Waals surface area contributed by atoms with Crippen molar-refractivity contribution in [1.82, 2.24) is 0 Å². The second-order valence-corrected chi connectivity index (χ2v) is 7.71. The number of hydrogen-bond acceptors (Lipinski definition) is 6. The summed E-state index contributed by atoms with van der Waals surface area (Å²) in [4.78, 5) is 22.2. The molecule has 0 heterocycles. The second kappa shape index (κ2) is 13.2. The van der Waals surface area contributed by atoms with Gasteiger partial charge in [0, 0.05) is 12.8 Å². The first-order chi connectivity index (χ1) is 17.4. The molecule has 0 aliphatic carbocycles. The van der Waals surface area contributed by atoms with Gasteiger partial charge in [0.05, 0.1) is 0 Å². The number of rotatable bonds is 12. The summed E-state index contributed by atoms with van der Waals surface area (Å²) >= 11 is 0. The molecule has 0 spiro atoms. The Morgan fingerprint density at radius 3 is 1.28 bits per heavy atom. The molecular formula is C28H28F2O6. The largest absolute Gasteiger partial charge is 0.487 e. The van der Waals surface area contributed by atoms with Crippen LogP contribution in [0.5, 0.6) is 11.5 Å². The van der Waals surface area contributed by atoms with Crippen molar-refractivity contribution in [2.24, 2.45) is 0 Å². The fraction of sp³-hybridized carbons (Fsp3) is 0.286. The van der Waals surface area contributed by atoms with Crippen molar-refractivity contribution in [2.75, 3.05) is 26.4 Å². The number of esters is 2. The van der Waals surface area contributed by atoms with Crippen LogP contribution in [0, 0.1) is 11.6 Å². The van der Waals surface area contributed by atoms with Gasteiger partial charge in [-0.15, -0.1) is 0 Å². The van der Waals surface area contributed by atoms with E-state index >= 15 is 0 Å². The van der Waals surface area contributed by atoms with Gasteiger partial charge in [0.15, 0.2) is 23.1 Å². The minimum absolute atomic E-state index is 0.0530. The van der Waals surface area contributed by atoms with Gasteiger partial charge in [-0.2, -0.15) is 0 Å². The lowest BCUT2D eigenvalue weighted by atomic mass is 10.00. The van der Waals surface area contributed by atoms with E-state index in [0.29, 0.717) is 11.1 Å². The molecular weight excluding hydrogens is 470 g/mol. The van der Waals surface area contributed by atoms with E-state index in [1.54, 1.807) is 26.0 Å². The summed E-state index contributed by atoms with van der Waals surface area (Å²) < 4.78 is 49.5. The lowest BCUT2D eigenvalue weighted by Crippen LogP contribution is -2.11. The van der Waals surface area contributed by atoms with Gasteiger partial charge in [0.2, 0.25) is 0 Å². The predicted molar refractivity (Wildman–Crippen MR) is 131 cm³/mol. The quantitative estimate of drug-likeness (QED) is 0.227. The highest BCUT2D eigenvalue weighted by Gasteiger charge is 2.10. The molecule has 0 aliphatic heterocycles. The van der Waals surface area contributed by atoms with Gasteiger partial charge in [0.25, 0.3) is 0 Å². The molecule has 8 heteroatoms. The third-order valence-electron chi connectivity index (χ3n) is 5.20. The van der Waals surface area contributed by atoms with Gasteiger partial charge in [-0.1, -0.05) is 50.2 Å². The maximum absolute atomic E-state index is 14.5. The van der Waals surface area contributed by atoms with Crippen molar-refractivity contribution in [3.05, 3.63) is 72.3 Å². The van der Waals surface area contributed by atoms with Crippen molar-refractivity contribution in [2.45, 2.75) is 26.7 Å². The summed E-state index contributed by atoms with van der Waals surface area (Å²) in [6.45, 7) is 3.60. The Hall–Kier alpha value is -3.94. The number of carbonyl (C=O) groups excluding carboxylic acids is 2. The standard InChI is InChI=1S/C28H28F2O6/c1-3-27(31)35-15-13-33-25-11-9-21(17-23(25)29)19-5-7-20(8-6-19)22-10-12-26(24(30)18-22)34-14-16-36-28(32)4-2/h5-12,17-18H,3-4,13-16H2,1-2H3. The molecule has 3 aromatic carbocycles. The van der Waals surface area contributed by atoms with Crippen molar-refractivity contribution in [1.29, 1.82) is 0 Å². The minimum atomic E-state index is -0.527. The molecule has 0 fully saturated rings. The molecule has 0 aromatic heterocycles. The number of ether oxygens (including phenoxy) is 4. The molecule has 3 rings (SSSR count). The first-order valence-electron chi connectivity index (χ1n) is 11.7. The van der Waals surface area contributed by atoms with Crippen LogP contribution in [0.15, 0.2) is 60.7 Å². The summed E-state index contributed by atoms with van der Waals surface area (Å²) in [5, 5.41) is 0. The van der Waals surface area contributed by atoms with E-state index in [0.717, 1.165) is 11.1 Å². The molecule has 0 unspecified atom stereocenters. The van der Waals surface area contributed by atoms with Crippen LogP contribution in [0.3, 0.4) is 0 Å². The first-order valence-corrected chi connectivity index (χ1v) is 11.7. The molecule has 3 aromatic rings. The Balaban J connectivity index is 1.59. The van der Waals surface area contributed by atoms with E-state index in [2.05, 4.69) is 0 Å². The maximum Gasteiger partial charge on any atom is 0.305 e. The van der Waals surface area contributed by atoms with Crippen LogP contribution in [-0.2, 0) is 19.1 Å². The fourth-order valence-corrected chi connectivity index (χ4v) is 3.27. The third kappa shape index (κ3) is 7.53. The van der Waals surface area contributed by atoms with Crippen molar-refractivity contribution in [3.63, 3.8) is 0 Å². The molecule has 0 saturated heterocycles. The van der Waals surface area contributed by atoms with Gasteiger partial charge in [-0.25, -0.2) is 8.78 Å². The van der Waals surface area contributed by atoms with E-state index in [1.807, 2.05) is 24.3 Å². The molecule has 6 nitrogen and oxygen atoms in total. The Morgan fingerprint density at radius 2 is 0.944 bits per heavy atom. The lowest BCUT2D eigenvalue weighted by molar-refractivity contribution is -0.144. The summed E-state index contributed by atoms with van der Waals surface area (Å²) in [5.74, 6) is -1.58. The number of carbonyl (C=O) groups is 2. The van der Waals surface area contributed by atoms with Crippen LogP contribution in [0.1, 0.15) is 26.7 Å². The molecule has 0 amide bonds. The average molecular weight is 499 g/mol. The van der Waals surface area contributed by atoms with Crippen LogP contribution in [0.25, 0.3) is 22.3 Å². The van der Waals surface area contributed by atoms with Crippen LogP contribution >= 0.6 is 0 Å². The van der Waals surface area contributed by atoms with E-state index in [4.69, 9.17) is 18.9 Å². The van der Waals surface area contributed by atoms with Gasteiger partial charge in [0.1, 0.15) is 26.4 Å². The molecule has 0 saturated carbocycles. The minimum Gasteiger partial charge on any atom is -0.487 e. The molecule has 36 heavy (non-hydrogen) atoms. The summed E-state index contributed by atoms with van der Waals surface area (Å²) in [5.41, 5.74) is 2.87. The van der Waals surface area contributed by atoms with Crippen molar-refractivity contribution < 1.29 is 37.3 Å². The molecule has 0 bridgehead atoms. The topological polar surface area (TPSA) is 71.1 Å². The van der Waals surface area contributed by atoms with Crippen LogP contribution in [0.2, 0.25) is 0 Å². The predicted octanol–water partition coefficient (Wildman–Crippen LogP) is 5.96. The van der Waals surface area contributed by atoms with Gasteiger partial charge in [-0.3, -0.25) is 9.59 Å². The highest BCUT2D eigenvalue weighted by Crippen LogP contribution is 2.30. The zero-order valence-corrected chi connectivity index (χ0v) is 20.2. The Morgan fingerprint density at radius 1 is 0.583 bits per heavy atom. The normalized spacial score (nSPS) is 10.6. The van der Waals surface area contributed by atoms with Gasteiger partial charge in [-0.05, 0) is 46.5 Å². The van der Waals surface area contributed by atoms with Gasteiger partial charge >= 0.3 is 11.9 Å². The van der Waals surface area contributed by atoms with E-state index in [-0.39, 0.29) is 62.7 Å². The summed E-state index contributed by atoms with van der Waals surface area (Å²) in [6, 6.07) is 16.5. The SMILES string of the molecule is CCC(=O)OCCOc1ccc(-c2ccc(-c3ccc(OCCOC(=O)CC)c(F)c3)cc2)cc1F. The van der Waals surface area contributed by atoms with Gasteiger partial charge < -0.3 is 18.9 Å². The van der Waals surface area contributed by atoms with Crippen LogP contribution < -0.4 is 9.47 Å². The van der Waals surface area contributed by atoms with Crippen molar-refractivity contribution >= 4 is 11.9 Å². The zero-order valence-electron chi connectivity index (χ0n) is 20.2. The molecule has 0 radical (unpaired) electrons. The number of benzene rings is 3. The second-order valence-electron chi connectivity index (χ2n) is 7.71. The average Bonchev–Trinajstić information content (AvgIpc) is 2.90. The molecule has 0 N–H and O–H groups in total. The maximum atomic E-state index is 14.5. The first kappa shape index (κ1) is 26.7. The highest BCUT2D eigenvalue weighted by atomic mass is 19.1. The Labute approximate surface area is 208 Å². The Kier molecular flexibility index (Phi) is 9.80. The van der Waals surface area contributed by atoms with Crippen LogP contribution in [0.4, 0.5) is 8.78 Å². The number of hydrogen-bond donors (Lipinski definition) is 0. The molecule has 190 valence electrons. The van der Waals surface area contributed by atoms with E-state index in [9.17, 15) is 18.4 Å². The highest BCUT2D eigenvalue weighted by molar-refractivity contribution is 5.71. The van der Waals surface area contributed by atoms with Crippen molar-refractivity contribution in [3.8, 4) is 33.8 Å². The summed E-state index contributed by atoms with van der Waals surface area (Å²) in [7, 11) is 0. The summed E-state index contributed by atoms with van der Waals surface area (Å²) in [6.07, 6.45) is 0.547. The molecule has 0 aliphatic rings. The zero-order chi connectivity index (χ0) is 25.9. The fourth-order valence-electron chi connectivity index (χ4n) is 3.27. The number of halogens is 2.